The summed E-state index contributed by atoms with van der Waals surface area (Å²) < 4.78 is 10.7. The SMILES string of the molecule is CCOC(=O)C1=Cc2cccc(C=CC(=O)O)c2OCC1. The largest absolute Gasteiger partial charge is 0.492 e. The van der Waals surface area contributed by atoms with E-state index in [1.807, 2.05) is 6.07 Å². The number of benzene rings is 1. The highest BCUT2D eigenvalue weighted by Gasteiger charge is 2.17. The van der Waals surface area contributed by atoms with Crippen molar-refractivity contribution in [1.29, 1.82) is 0 Å². The molecule has 0 amide bonds. The zero-order chi connectivity index (χ0) is 15.2. The van der Waals surface area contributed by atoms with Crippen molar-refractivity contribution in [2.45, 2.75) is 13.3 Å². The van der Waals surface area contributed by atoms with Gasteiger partial charge in [-0.3, -0.25) is 0 Å². The van der Waals surface area contributed by atoms with E-state index < -0.39 is 5.97 Å². The molecule has 21 heavy (non-hydrogen) atoms. The molecule has 0 unspecified atom stereocenters. The second kappa shape index (κ2) is 6.74. The Morgan fingerprint density at radius 3 is 2.95 bits per heavy atom. The van der Waals surface area contributed by atoms with Gasteiger partial charge in [0.05, 0.1) is 13.2 Å². The normalized spacial score (nSPS) is 13.9. The summed E-state index contributed by atoms with van der Waals surface area (Å²) in [6.45, 7) is 2.43. The second-order valence-corrected chi connectivity index (χ2v) is 4.43. The van der Waals surface area contributed by atoms with Crippen molar-refractivity contribution in [3.8, 4) is 5.75 Å². The van der Waals surface area contributed by atoms with Crippen molar-refractivity contribution in [3.05, 3.63) is 41.0 Å². The van der Waals surface area contributed by atoms with Crippen LogP contribution in [0.4, 0.5) is 0 Å². The molecular formula is C16H16O5. The molecule has 0 radical (unpaired) electrons. The first kappa shape index (κ1) is 14.8. The highest BCUT2D eigenvalue weighted by atomic mass is 16.5. The van der Waals surface area contributed by atoms with Crippen molar-refractivity contribution >= 4 is 24.1 Å². The van der Waals surface area contributed by atoms with Crippen LogP contribution in [0.25, 0.3) is 12.2 Å². The summed E-state index contributed by atoms with van der Waals surface area (Å²) in [5.74, 6) is -0.793. The van der Waals surface area contributed by atoms with Crippen LogP contribution in [0.2, 0.25) is 0 Å². The van der Waals surface area contributed by atoms with E-state index in [0.717, 1.165) is 11.6 Å². The molecule has 0 aromatic heterocycles. The number of carboxylic acids is 1. The van der Waals surface area contributed by atoms with Gasteiger partial charge in [-0.25, -0.2) is 9.59 Å². The first-order valence-electron chi connectivity index (χ1n) is 6.66. The van der Waals surface area contributed by atoms with Crippen LogP contribution in [0.15, 0.2) is 29.8 Å². The molecule has 0 saturated heterocycles. The van der Waals surface area contributed by atoms with Gasteiger partial charge >= 0.3 is 11.9 Å². The van der Waals surface area contributed by atoms with E-state index in [0.29, 0.717) is 36.5 Å². The van der Waals surface area contributed by atoms with Crippen molar-refractivity contribution in [1.82, 2.24) is 0 Å². The lowest BCUT2D eigenvalue weighted by molar-refractivity contribution is -0.138. The quantitative estimate of drug-likeness (QED) is 0.680. The minimum Gasteiger partial charge on any atom is -0.492 e. The topological polar surface area (TPSA) is 72.8 Å². The lowest BCUT2D eigenvalue weighted by atomic mass is 10.1. The maximum absolute atomic E-state index is 11.8. The Morgan fingerprint density at radius 2 is 2.24 bits per heavy atom. The number of fused-ring (bicyclic) bond motifs is 1. The molecule has 110 valence electrons. The van der Waals surface area contributed by atoms with Gasteiger partial charge < -0.3 is 14.6 Å². The first-order chi connectivity index (χ1) is 10.1. The van der Waals surface area contributed by atoms with Gasteiger partial charge in [0.15, 0.2) is 0 Å². The summed E-state index contributed by atoms with van der Waals surface area (Å²) >= 11 is 0. The van der Waals surface area contributed by atoms with Crippen LogP contribution in [0.3, 0.4) is 0 Å². The number of carbonyl (C=O) groups is 2. The van der Waals surface area contributed by atoms with Crippen LogP contribution in [0, 0.1) is 0 Å². The fraction of sp³-hybridized carbons (Fsp3) is 0.250. The van der Waals surface area contributed by atoms with Crippen LogP contribution in [-0.2, 0) is 14.3 Å². The Bertz CT molecular complexity index is 613. The molecule has 1 N–H and O–H groups in total. The van der Waals surface area contributed by atoms with Crippen molar-refractivity contribution in [3.63, 3.8) is 0 Å². The Balaban J connectivity index is 2.37. The number of para-hydroxylation sites is 1. The molecule has 0 aliphatic carbocycles. The van der Waals surface area contributed by atoms with Crippen LogP contribution >= 0.6 is 0 Å². The highest BCUT2D eigenvalue weighted by molar-refractivity contribution is 5.95. The van der Waals surface area contributed by atoms with Gasteiger partial charge in [-0.15, -0.1) is 0 Å². The average Bonchev–Trinajstić information content (AvgIpc) is 2.67. The zero-order valence-electron chi connectivity index (χ0n) is 11.7. The summed E-state index contributed by atoms with van der Waals surface area (Å²) in [4.78, 5) is 22.4. The Labute approximate surface area is 122 Å². The molecule has 2 rings (SSSR count). The van der Waals surface area contributed by atoms with Gasteiger partial charge in [0, 0.05) is 29.2 Å². The van der Waals surface area contributed by atoms with E-state index in [4.69, 9.17) is 14.6 Å². The van der Waals surface area contributed by atoms with Crippen molar-refractivity contribution in [2.24, 2.45) is 0 Å². The number of hydrogen-bond donors (Lipinski definition) is 1. The van der Waals surface area contributed by atoms with Gasteiger partial charge in [0.1, 0.15) is 5.75 Å². The van der Waals surface area contributed by atoms with Crippen LogP contribution in [0.1, 0.15) is 24.5 Å². The van der Waals surface area contributed by atoms with E-state index in [1.54, 1.807) is 25.1 Å². The summed E-state index contributed by atoms with van der Waals surface area (Å²) in [5, 5.41) is 8.71. The van der Waals surface area contributed by atoms with Gasteiger partial charge in [0.2, 0.25) is 0 Å². The molecule has 1 aliphatic heterocycles. The van der Waals surface area contributed by atoms with Crippen molar-refractivity contribution in [2.75, 3.05) is 13.2 Å². The summed E-state index contributed by atoms with van der Waals surface area (Å²) in [7, 11) is 0. The minimum atomic E-state index is -1.02. The summed E-state index contributed by atoms with van der Waals surface area (Å²) in [6.07, 6.45) is 4.72. The molecule has 0 fully saturated rings. The zero-order valence-corrected chi connectivity index (χ0v) is 11.7. The maximum atomic E-state index is 11.8. The number of aliphatic carboxylic acids is 1. The van der Waals surface area contributed by atoms with E-state index in [-0.39, 0.29) is 5.97 Å². The number of carbonyl (C=O) groups excluding carboxylic acids is 1. The van der Waals surface area contributed by atoms with Crippen LogP contribution in [0.5, 0.6) is 5.75 Å². The fourth-order valence-electron chi connectivity index (χ4n) is 2.05. The van der Waals surface area contributed by atoms with Crippen LogP contribution < -0.4 is 4.74 Å². The molecule has 1 aromatic rings. The van der Waals surface area contributed by atoms with Crippen LogP contribution in [-0.4, -0.2) is 30.3 Å². The fourth-order valence-corrected chi connectivity index (χ4v) is 2.05. The molecule has 0 spiro atoms. The van der Waals surface area contributed by atoms with Gasteiger partial charge in [0.25, 0.3) is 0 Å². The average molecular weight is 288 g/mol. The Morgan fingerprint density at radius 1 is 1.43 bits per heavy atom. The molecule has 5 heteroatoms. The smallest absolute Gasteiger partial charge is 0.334 e. The third-order valence-corrected chi connectivity index (χ3v) is 2.97. The number of hydrogen-bond acceptors (Lipinski definition) is 4. The maximum Gasteiger partial charge on any atom is 0.334 e. The number of carboxylic acid groups (broad SMARTS) is 1. The second-order valence-electron chi connectivity index (χ2n) is 4.43. The summed E-state index contributed by atoms with van der Waals surface area (Å²) in [6, 6.07) is 5.37. The molecule has 5 nitrogen and oxygen atoms in total. The molecule has 0 atom stereocenters. The number of ether oxygens (including phenoxy) is 2. The van der Waals surface area contributed by atoms with E-state index in [2.05, 4.69) is 0 Å². The first-order valence-corrected chi connectivity index (χ1v) is 6.66. The highest BCUT2D eigenvalue weighted by Crippen LogP contribution is 2.30. The Hall–Kier alpha value is -2.56. The predicted octanol–water partition coefficient (Wildman–Crippen LogP) is 2.51. The third kappa shape index (κ3) is 3.72. The molecule has 1 heterocycles. The Kier molecular flexibility index (Phi) is 4.77. The minimum absolute atomic E-state index is 0.325. The number of esters is 1. The van der Waals surface area contributed by atoms with E-state index in [1.165, 1.54) is 6.08 Å². The number of rotatable bonds is 4. The molecular weight excluding hydrogens is 272 g/mol. The molecule has 0 bridgehead atoms. The summed E-state index contributed by atoms with van der Waals surface area (Å²) in [5.41, 5.74) is 1.95. The lowest BCUT2D eigenvalue weighted by Crippen LogP contribution is -2.09. The lowest BCUT2D eigenvalue weighted by Gasteiger charge is -2.09. The van der Waals surface area contributed by atoms with E-state index >= 15 is 0 Å². The van der Waals surface area contributed by atoms with Gasteiger partial charge in [-0.1, -0.05) is 18.2 Å². The standard InChI is InChI=1S/C16H16O5/c1-2-20-16(19)13-8-9-21-15-11(6-7-14(17)18)4-3-5-12(15)10-13/h3-7,10H,2,8-9H2,1H3,(H,17,18). The molecule has 1 aliphatic rings. The molecule has 0 saturated carbocycles. The third-order valence-electron chi connectivity index (χ3n) is 2.97. The van der Waals surface area contributed by atoms with Gasteiger partial charge in [-0.05, 0) is 19.1 Å². The van der Waals surface area contributed by atoms with Crippen molar-refractivity contribution < 1.29 is 24.2 Å². The van der Waals surface area contributed by atoms with Gasteiger partial charge in [-0.2, -0.15) is 0 Å². The monoisotopic (exact) mass is 288 g/mol. The molecule has 1 aromatic carbocycles. The predicted molar refractivity (Wildman–Crippen MR) is 77.8 cm³/mol. The van der Waals surface area contributed by atoms with E-state index in [9.17, 15) is 9.59 Å².